The highest BCUT2D eigenvalue weighted by Gasteiger charge is 2.08. The first-order chi connectivity index (χ1) is 13.5. The summed E-state index contributed by atoms with van der Waals surface area (Å²) in [6, 6.07) is 15.9. The van der Waals surface area contributed by atoms with E-state index < -0.39 is 0 Å². The topological polar surface area (TPSA) is 74.8 Å². The molecule has 0 bridgehead atoms. The lowest BCUT2D eigenvalue weighted by atomic mass is 10.1. The molecule has 0 aromatic heterocycles. The number of nitrogens with zero attached hydrogens (tertiary/aromatic N) is 1. The predicted molar refractivity (Wildman–Crippen MR) is 113 cm³/mol. The molecular weight excluding hydrogens is 352 g/mol. The molecule has 0 saturated heterocycles. The molecule has 0 radical (unpaired) electrons. The van der Waals surface area contributed by atoms with E-state index in [0.29, 0.717) is 19.0 Å². The van der Waals surface area contributed by atoms with Crippen molar-refractivity contribution < 1.29 is 9.53 Å². The number of ether oxygens (including phenoxy) is 1. The largest absolute Gasteiger partial charge is 0.491 e. The zero-order valence-electron chi connectivity index (χ0n) is 17.1. The van der Waals surface area contributed by atoms with Gasteiger partial charge in [0.15, 0.2) is 5.96 Å². The Morgan fingerprint density at radius 2 is 1.79 bits per heavy atom. The fourth-order valence-electron chi connectivity index (χ4n) is 2.59. The van der Waals surface area contributed by atoms with Gasteiger partial charge >= 0.3 is 0 Å². The Hall–Kier alpha value is -3.02. The first kappa shape index (κ1) is 21.3. The number of benzene rings is 2. The first-order valence-electron chi connectivity index (χ1n) is 9.49. The number of amides is 1. The second-order valence-corrected chi connectivity index (χ2v) is 6.82. The maximum atomic E-state index is 12.0. The van der Waals surface area contributed by atoms with Crippen LogP contribution in [0.5, 0.6) is 5.75 Å². The molecule has 0 atom stereocenters. The van der Waals surface area contributed by atoms with Crippen LogP contribution in [-0.4, -0.2) is 31.6 Å². The summed E-state index contributed by atoms with van der Waals surface area (Å²) in [5, 5.41) is 9.15. The van der Waals surface area contributed by atoms with Crippen molar-refractivity contribution in [2.45, 2.75) is 40.0 Å². The summed E-state index contributed by atoms with van der Waals surface area (Å²) in [4.78, 5) is 16.2. The third-order valence-electron chi connectivity index (χ3n) is 4.00. The molecule has 0 saturated carbocycles. The van der Waals surface area contributed by atoms with E-state index in [1.807, 2.05) is 63.2 Å². The van der Waals surface area contributed by atoms with E-state index in [1.165, 1.54) is 0 Å². The summed E-state index contributed by atoms with van der Waals surface area (Å²) in [6.07, 6.45) is 0.103. The SMILES string of the molecule is CN=C(NCC(=O)NCc1ccccc1)NCc1ccc(C)cc1OC(C)C. The molecule has 0 unspecified atom stereocenters. The highest BCUT2D eigenvalue weighted by molar-refractivity contribution is 5.86. The number of carbonyl (C=O) groups is 1. The average Bonchev–Trinajstić information content (AvgIpc) is 2.68. The molecule has 6 heteroatoms. The minimum Gasteiger partial charge on any atom is -0.491 e. The Balaban J connectivity index is 1.82. The van der Waals surface area contributed by atoms with Crippen LogP contribution in [0.25, 0.3) is 0 Å². The Kier molecular flexibility index (Phi) is 8.34. The van der Waals surface area contributed by atoms with Crippen molar-refractivity contribution in [2.24, 2.45) is 4.99 Å². The Morgan fingerprint density at radius 1 is 1.04 bits per heavy atom. The number of guanidine groups is 1. The van der Waals surface area contributed by atoms with Crippen molar-refractivity contribution in [1.29, 1.82) is 0 Å². The number of hydrogen-bond acceptors (Lipinski definition) is 3. The summed E-state index contributed by atoms with van der Waals surface area (Å²) < 4.78 is 5.90. The Morgan fingerprint density at radius 3 is 2.46 bits per heavy atom. The summed E-state index contributed by atoms with van der Waals surface area (Å²) in [7, 11) is 1.68. The van der Waals surface area contributed by atoms with E-state index in [2.05, 4.69) is 27.0 Å². The lowest BCUT2D eigenvalue weighted by Crippen LogP contribution is -2.42. The first-order valence-corrected chi connectivity index (χ1v) is 9.49. The van der Waals surface area contributed by atoms with Gasteiger partial charge in [-0.3, -0.25) is 9.79 Å². The molecule has 0 aliphatic heterocycles. The molecule has 0 fully saturated rings. The lowest BCUT2D eigenvalue weighted by molar-refractivity contribution is -0.120. The van der Waals surface area contributed by atoms with Crippen LogP contribution in [0, 0.1) is 6.92 Å². The van der Waals surface area contributed by atoms with Crippen molar-refractivity contribution in [3.05, 3.63) is 65.2 Å². The van der Waals surface area contributed by atoms with Gasteiger partial charge in [0.1, 0.15) is 5.75 Å². The summed E-state index contributed by atoms with van der Waals surface area (Å²) in [5.41, 5.74) is 3.25. The van der Waals surface area contributed by atoms with Crippen molar-refractivity contribution in [1.82, 2.24) is 16.0 Å². The number of nitrogens with one attached hydrogen (secondary N) is 3. The molecule has 2 aromatic carbocycles. The van der Waals surface area contributed by atoms with Gasteiger partial charge in [-0.25, -0.2) is 0 Å². The van der Waals surface area contributed by atoms with Gasteiger partial charge in [-0.1, -0.05) is 42.5 Å². The third-order valence-corrected chi connectivity index (χ3v) is 4.00. The van der Waals surface area contributed by atoms with Crippen molar-refractivity contribution in [3.8, 4) is 5.75 Å². The highest BCUT2D eigenvalue weighted by Crippen LogP contribution is 2.21. The predicted octanol–water partition coefficient (Wildman–Crippen LogP) is 2.76. The third kappa shape index (κ3) is 7.31. The lowest BCUT2D eigenvalue weighted by Gasteiger charge is -2.17. The van der Waals surface area contributed by atoms with Crippen LogP contribution in [0.1, 0.15) is 30.5 Å². The molecule has 2 aromatic rings. The van der Waals surface area contributed by atoms with Crippen LogP contribution in [0.2, 0.25) is 0 Å². The van der Waals surface area contributed by atoms with E-state index >= 15 is 0 Å². The van der Waals surface area contributed by atoms with Gasteiger partial charge in [-0.05, 0) is 38.0 Å². The minimum absolute atomic E-state index is 0.0917. The van der Waals surface area contributed by atoms with E-state index in [4.69, 9.17) is 4.74 Å². The number of rotatable bonds is 8. The van der Waals surface area contributed by atoms with Crippen LogP contribution in [-0.2, 0) is 17.9 Å². The van der Waals surface area contributed by atoms with Crippen LogP contribution in [0.15, 0.2) is 53.5 Å². The molecule has 0 aliphatic carbocycles. The van der Waals surface area contributed by atoms with Gasteiger partial charge in [-0.2, -0.15) is 0 Å². The van der Waals surface area contributed by atoms with Crippen LogP contribution < -0.4 is 20.7 Å². The summed E-state index contributed by atoms with van der Waals surface area (Å²) in [6.45, 7) is 7.26. The Bertz CT molecular complexity index is 788. The van der Waals surface area contributed by atoms with Crippen LogP contribution in [0.4, 0.5) is 0 Å². The van der Waals surface area contributed by atoms with Gasteiger partial charge < -0.3 is 20.7 Å². The average molecular weight is 383 g/mol. The number of hydrogen-bond donors (Lipinski definition) is 3. The van der Waals surface area contributed by atoms with Gasteiger partial charge in [-0.15, -0.1) is 0 Å². The van der Waals surface area contributed by atoms with Gasteiger partial charge in [0.05, 0.1) is 12.6 Å². The second kappa shape index (κ2) is 11.0. The normalized spacial score (nSPS) is 11.2. The number of aryl methyl sites for hydroxylation is 1. The van der Waals surface area contributed by atoms with Crippen LogP contribution in [0.3, 0.4) is 0 Å². The zero-order valence-corrected chi connectivity index (χ0v) is 17.1. The highest BCUT2D eigenvalue weighted by atomic mass is 16.5. The van der Waals surface area contributed by atoms with Gasteiger partial charge in [0.25, 0.3) is 0 Å². The molecule has 0 spiro atoms. The van der Waals surface area contributed by atoms with E-state index in [0.717, 1.165) is 22.4 Å². The quantitative estimate of drug-likeness (QED) is 0.485. The van der Waals surface area contributed by atoms with Crippen LogP contribution >= 0.6 is 0 Å². The molecule has 6 nitrogen and oxygen atoms in total. The molecule has 3 N–H and O–H groups in total. The second-order valence-electron chi connectivity index (χ2n) is 6.82. The number of carbonyl (C=O) groups excluding carboxylic acids is 1. The smallest absolute Gasteiger partial charge is 0.239 e. The molecule has 150 valence electrons. The number of aliphatic imine (C=N–C) groups is 1. The summed E-state index contributed by atoms with van der Waals surface area (Å²) in [5.74, 6) is 1.33. The standard InChI is InChI=1S/C22H30N4O2/c1-16(2)28-20-12-17(3)10-11-19(20)14-25-22(23-4)26-15-21(27)24-13-18-8-6-5-7-9-18/h5-12,16H,13-15H2,1-4H3,(H,24,27)(H2,23,25,26). The van der Waals surface area contributed by atoms with E-state index in [1.54, 1.807) is 7.05 Å². The fourth-order valence-corrected chi connectivity index (χ4v) is 2.59. The van der Waals surface area contributed by atoms with Crippen molar-refractivity contribution in [3.63, 3.8) is 0 Å². The zero-order chi connectivity index (χ0) is 20.4. The molecular formula is C22H30N4O2. The minimum atomic E-state index is -0.0917. The Labute approximate surface area is 167 Å². The van der Waals surface area contributed by atoms with Crippen molar-refractivity contribution in [2.75, 3.05) is 13.6 Å². The molecule has 0 aliphatic rings. The molecule has 28 heavy (non-hydrogen) atoms. The van der Waals surface area contributed by atoms with Gasteiger partial charge in [0, 0.05) is 25.7 Å². The monoisotopic (exact) mass is 382 g/mol. The van der Waals surface area contributed by atoms with Gasteiger partial charge in [0.2, 0.25) is 5.91 Å². The molecule has 1 amide bonds. The van der Waals surface area contributed by atoms with Crippen molar-refractivity contribution >= 4 is 11.9 Å². The maximum absolute atomic E-state index is 12.0. The fraction of sp³-hybridized carbons (Fsp3) is 0.364. The summed E-state index contributed by atoms with van der Waals surface area (Å²) >= 11 is 0. The van der Waals surface area contributed by atoms with E-state index in [9.17, 15) is 4.79 Å². The van der Waals surface area contributed by atoms with E-state index in [-0.39, 0.29) is 18.6 Å². The molecule has 0 heterocycles. The maximum Gasteiger partial charge on any atom is 0.239 e. The molecule has 2 rings (SSSR count).